The molecule has 1 amide bonds. The Morgan fingerprint density at radius 2 is 1.85 bits per heavy atom. The third-order valence-electron chi connectivity index (χ3n) is 8.82. The van der Waals surface area contributed by atoms with Crippen LogP contribution < -0.4 is 10.6 Å². The molecule has 2 fully saturated rings. The molecule has 0 radical (unpaired) electrons. The first-order chi connectivity index (χ1) is 19.6. The number of fused-ring (bicyclic) bond motifs is 3. The van der Waals surface area contributed by atoms with Gasteiger partial charge in [-0.15, -0.1) is 0 Å². The summed E-state index contributed by atoms with van der Waals surface area (Å²) < 4.78 is 14.1. The van der Waals surface area contributed by atoms with Crippen LogP contribution in [0.5, 0.6) is 0 Å². The van der Waals surface area contributed by atoms with Crippen molar-refractivity contribution >= 4 is 39.5 Å². The normalized spacial score (nSPS) is 23.1. The number of anilines is 1. The van der Waals surface area contributed by atoms with E-state index < -0.39 is 5.60 Å². The molecule has 3 atom stereocenters. The minimum absolute atomic E-state index is 0.0448. The number of nitrogens with zero attached hydrogens (tertiary/aromatic N) is 3. The number of hydrogen-bond acceptors (Lipinski definition) is 7. The second kappa shape index (κ2) is 10.9. The summed E-state index contributed by atoms with van der Waals surface area (Å²) in [5.41, 5.74) is 3.00. The van der Waals surface area contributed by atoms with Crippen LogP contribution in [0.3, 0.4) is 0 Å². The lowest BCUT2D eigenvalue weighted by Crippen LogP contribution is -2.38. The molecule has 2 heterocycles. The maximum atomic E-state index is 12.8. The molecule has 1 spiro atoms. The van der Waals surface area contributed by atoms with Crippen LogP contribution in [0.4, 0.5) is 10.6 Å². The summed E-state index contributed by atoms with van der Waals surface area (Å²) in [5.74, 6) is 0.826. The van der Waals surface area contributed by atoms with E-state index in [0.717, 1.165) is 73.0 Å². The van der Waals surface area contributed by atoms with E-state index in [-0.39, 0.29) is 35.5 Å². The first-order valence-corrected chi connectivity index (χ1v) is 15.5. The van der Waals surface area contributed by atoms with E-state index in [1.165, 1.54) is 5.56 Å². The predicted octanol–water partition coefficient (Wildman–Crippen LogP) is 6.19. The number of esters is 1. The molecule has 2 aromatic heterocycles. The summed E-state index contributed by atoms with van der Waals surface area (Å²) in [6.07, 6.45) is 9.13. The minimum Gasteiger partial charge on any atom is -0.462 e. The number of amides is 1. The average molecular weight is 625 g/mol. The molecule has 2 N–H and O–H groups in total. The van der Waals surface area contributed by atoms with Gasteiger partial charge in [0.15, 0.2) is 5.65 Å². The van der Waals surface area contributed by atoms with Crippen LogP contribution in [0.2, 0.25) is 0 Å². The van der Waals surface area contributed by atoms with E-state index in [1.807, 2.05) is 43.5 Å². The second-order valence-corrected chi connectivity index (χ2v) is 13.6. The van der Waals surface area contributed by atoms with Gasteiger partial charge in [-0.3, -0.25) is 0 Å². The Kier molecular flexibility index (Phi) is 7.46. The summed E-state index contributed by atoms with van der Waals surface area (Å²) in [6, 6.07) is 9.40. The van der Waals surface area contributed by atoms with Crippen molar-refractivity contribution in [3.05, 3.63) is 57.8 Å². The molecule has 218 valence electrons. The van der Waals surface area contributed by atoms with Crippen molar-refractivity contribution in [1.82, 2.24) is 19.9 Å². The standard InChI is InChI=1S/C31H38BrN5O4/c1-30(2,3)41-29(39)35-22-12-11-21(16-22)34-26-23-15-20(18-40-28(38)19-9-5-4-6-10-19)31(13-7-8-14-31)25(23)36-27-24(32)17-33-37(26)27/h4-6,9-10,17,20-22,34H,7-8,11-16,18H2,1-3H3,(H,35,39)/t20?,21-,22-/m0/s1. The van der Waals surface area contributed by atoms with Crippen molar-refractivity contribution in [2.24, 2.45) is 5.92 Å². The van der Waals surface area contributed by atoms with Crippen LogP contribution >= 0.6 is 15.9 Å². The highest BCUT2D eigenvalue weighted by atomic mass is 79.9. The third-order valence-corrected chi connectivity index (χ3v) is 9.38. The van der Waals surface area contributed by atoms with Crippen molar-refractivity contribution in [3.8, 4) is 0 Å². The molecule has 3 aliphatic carbocycles. The summed E-state index contributed by atoms with van der Waals surface area (Å²) in [7, 11) is 0. The number of alkyl carbamates (subject to hydrolysis) is 1. The zero-order valence-electron chi connectivity index (χ0n) is 23.9. The van der Waals surface area contributed by atoms with Crippen molar-refractivity contribution in [3.63, 3.8) is 0 Å². The Bertz CT molecular complexity index is 1440. The van der Waals surface area contributed by atoms with Gasteiger partial charge >= 0.3 is 12.1 Å². The molecule has 1 unspecified atom stereocenters. The van der Waals surface area contributed by atoms with Gasteiger partial charge in [0.1, 0.15) is 11.4 Å². The van der Waals surface area contributed by atoms with Crippen LogP contribution in [-0.2, 0) is 21.3 Å². The lowest BCUT2D eigenvalue weighted by atomic mass is 9.75. The van der Waals surface area contributed by atoms with Gasteiger partial charge < -0.3 is 20.1 Å². The monoisotopic (exact) mass is 623 g/mol. The highest BCUT2D eigenvalue weighted by Gasteiger charge is 2.51. The molecule has 0 aliphatic heterocycles. The first kappa shape index (κ1) is 28.0. The Hall–Kier alpha value is -3.14. The van der Waals surface area contributed by atoms with Crippen LogP contribution in [0.25, 0.3) is 5.65 Å². The molecule has 10 heteroatoms. The van der Waals surface area contributed by atoms with Gasteiger partial charge in [0, 0.05) is 29.0 Å². The maximum Gasteiger partial charge on any atom is 0.407 e. The zero-order valence-corrected chi connectivity index (χ0v) is 25.5. The Morgan fingerprint density at radius 3 is 2.59 bits per heavy atom. The molecule has 9 nitrogen and oxygen atoms in total. The molecule has 3 aliphatic rings. The van der Waals surface area contributed by atoms with Gasteiger partial charge in [0.25, 0.3) is 0 Å². The maximum absolute atomic E-state index is 12.8. The fraction of sp³-hybridized carbons (Fsp3) is 0.548. The van der Waals surface area contributed by atoms with Gasteiger partial charge in [-0.2, -0.15) is 9.61 Å². The Labute approximate surface area is 248 Å². The summed E-state index contributed by atoms with van der Waals surface area (Å²) in [4.78, 5) is 30.4. The molecule has 1 aromatic carbocycles. The summed E-state index contributed by atoms with van der Waals surface area (Å²) in [6.45, 7) is 5.97. The topological polar surface area (TPSA) is 107 Å². The van der Waals surface area contributed by atoms with E-state index in [4.69, 9.17) is 14.5 Å². The highest BCUT2D eigenvalue weighted by Crippen LogP contribution is 2.54. The Morgan fingerprint density at radius 1 is 1.12 bits per heavy atom. The lowest BCUT2D eigenvalue weighted by molar-refractivity contribution is 0.0377. The van der Waals surface area contributed by atoms with Crippen LogP contribution in [0, 0.1) is 5.92 Å². The molecule has 3 aromatic rings. The molecular formula is C31H38BrN5O4. The fourth-order valence-corrected chi connectivity index (χ4v) is 7.35. The molecule has 41 heavy (non-hydrogen) atoms. The summed E-state index contributed by atoms with van der Waals surface area (Å²) in [5, 5.41) is 11.5. The number of carbonyl (C=O) groups is 2. The quantitative estimate of drug-likeness (QED) is 0.315. The largest absolute Gasteiger partial charge is 0.462 e. The Balaban J connectivity index is 1.25. The van der Waals surface area contributed by atoms with E-state index >= 15 is 0 Å². The van der Waals surface area contributed by atoms with Crippen LogP contribution in [0.15, 0.2) is 41.0 Å². The van der Waals surface area contributed by atoms with Gasteiger partial charge in [-0.05, 0) is 87.4 Å². The van der Waals surface area contributed by atoms with E-state index in [2.05, 4.69) is 31.7 Å². The highest BCUT2D eigenvalue weighted by molar-refractivity contribution is 9.10. The fourth-order valence-electron chi connectivity index (χ4n) is 7.00. The molecule has 2 saturated carbocycles. The number of benzene rings is 1. The van der Waals surface area contributed by atoms with Crippen LogP contribution in [-0.4, -0.2) is 51.0 Å². The second-order valence-electron chi connectivity index (χ2n) is 12.7. The SMILES string of the molecule is CC(C)(C)OC(=O)N[C@H]1CC[C@H](Nc2c3c(nc4c(Br)cnn24)C2(CCCC2)C(COC(=O)c2ccccc2)C3)C1. The average Bonchev–Trinajstić information content (AvgIpc) is 3.72. The first-order valence-electron chi connectivity index (χ1n) is 14.7. The predicted molar refractivity (Wildman–Crippen MR) is 159 cm³/mol. The zero-order chi connectivity index (χ0) is 28.8. The molecule has 0 bridgehead atoms. The number of carbonyl (C=O) groups excluding carboxylic acids is 2. The number of rotatable bonds is 6. The number of nitrogens with one attached hydrogen (secondary N) is 2. The number of ether oxygens (including phenoxy) is 2. The van der Waals surface area contributed by atoms with E-state index in [9.17, 15) is 9.59 Å². The van der Waals surface area contributed by atoms with Gasteiger partial charge in [-0.25, -0.2) is 14.6 Å². The molecule has 0 saturated heterocycles. The van der Waals surface area contributed by atoms with Crippen molar-refractivity contribution in [2.45, 2.75) is 95.2 Å². The number of aromatic nitrogens is 3. The molecular weight excluding hydrogens is 586 g/mol. The van der Waals surface area contributed by atoms with E-state index in [0.29, 0.717) is 12.2 Å². The molecule has 6 rings (SSSR count). The third kappa shape index (κ3) is 5.55. The minimum atomic E-state index is -0.529. The van der Waals surface area contributed by atoms with E-state index in [1.54, 1.807) is 18.3 Å². The van der Waals surface area contributed by atoms with Crippen LogP contribution in [0.1, 0.15) is 87.3 Å². The van der Waals surface area contributed by atoms with Crippen molar-refractivity contribution < 1.29 is 19.1 Å². The smallest absolute Gasteiger partial charge is 0.407 e. The van der Waals surface area contributed by atoms with Gasteiger partial charge in [-0.1, -0.05) is 31.0 Å². The number of hydrogen-bond donors (Lipinski definition) is 2. The lowest BCUT2D eigenvalue weighted by Gasteiger charge is -2.31. The summed E-state index contributed by atoms with van der Waals surface area (Å²) >= 11 is 3.67. The van der Waals surface area contributed by atoms with Gasteiger partial charge in [0.2, 0.25) is 0 Å². The van der Waals surface area contributed by atoms with Crippen molar-refractivity contribution in [1.29, 1.82) is 0 Å². The number of halogens is 1. The van der Waals surface area contributed by atoms with Crippen molar-refractivity contribution in [2.75, 3.05) is 11.9 Å². The van der Waals surface area contributed by atoms with Gasteiger partial charge in [0.05, 0.1) is 28.5 Å².